The van der Waals surface area contributed by atoms with Gasteiger partial charge in [-0.2, -0.15) is 0 Å². The average Bonchev–Trinajstić information content (AvgIpc) is 3.16. The lowest BCUT2D eigenvalue weighted by molar-refractivity contribution is -0.0234. The third kappa shape index (κ3) is 2.97. The Morgan fingerprint density at radius 2 is 1.73 bits per heavy atom. The van der Waals surface area contributed by atoms with E-state index in [0.29, 0.717) is 11.3 Å². The average molecular weight is 442 g/mol. The lowest BCUT2D eigenvalue weighted by atomic mass is 9.74. The Morgan fingerprint density at radius 3 is 2.52 bits per heavy atom. The molecule has 0 radical (unpaired) electrons. The van der Waals surface area contributed by atoms with Crippen molar-refractivity contribution in [2.45, 2.75) is 43.6 Å². The number of rotatable bonds is 4. The van der Waals surface area contributed by atoms with Gasteiger partial charge in [0.1, 0.15) is 17.6 Å². The number of aromatic hydroxyl groups is 2. The molecule has 0 amide bonds. The van der Waals surface area contributed by atoms with Gasteiger partial charge in [-0.05, 0) is 58.4 Å². The van der Waals surface area contributed by atoms with Crippen LogP contribution >= 0.6 is 0 Å². The van der Waals surface area contributed by atoms with Crippen LogP contribution in [0.3, 0.4) is 0 Å². The van der Waals surface area contributed by atoms with Crippen molar-refractivity contribution < 1.29 is 20.1 Å². The summed E-state index contributed by atoms with van der Waals surface area (Å²) >= 11 is 0. The molecule has 4 N–H and O–H groups in total. The quantitative estimate of drug-likeness (QED) is 0.468. The fourth-order valence-corrected chi connectivity index (χ4v) is 6.17. The summed E-state index contributed by atoms with van der Waals surface area (Å²) in [5.41, 5.74) is 8.02. The van der Waals surface area contributed by atoms with Gasteiger partial charge in [-0.3, -0.25) is 0 Å². The van der Waals surface area contributed by atoms with Gasteiger partial charge in [-0.15, -0.1) is 0 Å². The van der Waals surface area contributed by atoms with E-state index >= 15 is 0 Å². The van der Waals surface area contributed by atoms with E-state index in [-0.39, 0.29) is 17.7 Å². The molecule has 3 aromatic carbocycles. The third-order valence-corrected chi connectivity index (χ3v) is 7.54. The number of benzene rings is 3. The van der Waals surface area contributed by atoms with Crippen molar-refractivity contribution in [2.75, 3.05) is 7.11 Å². The van der Waals surface area contributed by atoms with Gasteiger partial charge in [0, 0.05) is 36.7 Å². The van der Waals surface area contributed by atoms with Gasteiger partial charge < -0.3 is 25.4 Å². The van der Waals surface area contributed by atoms with E-state index in [4.69, 9.17) is 4.74 Å². The lowest BCUT2D eigenvalue weighted by Gasteiger charge is -2.37. The van der Waals surface area contributed by atoms with Crippen molar-refractivity contribution >= 4 is 11.1 Å². The van der Waals surface area contributed by atoms with E-state index < -0.39 is 12.2 Å². The predicted octanol–water partition coefficient (Wildman–Crippen LogP) is 4.79. The highest BCUT2D eigenvalue weighted by Gasteiger charge is 2.48. The van der Waals surface area contributed by atoms with E-state index in [2.05, 4.69) is 17.4 Å². The van der Waals surface area contributed by atoms with Gasteiger partial charge in [0.2, 0.25) is 0 Å². The molecule has 0 saturated heterocycles. The lowest BCUT2D eigenvalue weighted by Crippen LogP contribution is -2.33. The standard InChI is InChI=1S/C28H27NO4/c1-33-28-25-18-11-13-21(31)26-19(29-14-15-6-3-2-4-7-15)12-10-17(23(18)26)22(25)16-8-5-9-20(30)24(16)27(28)32/h2-9,11,13,19,25,27-32H,10,12,14H2,1H3/t19?,25?,27-,28+/m0/s1. The maximum absolute atomic E-state index is 11.2. The maximum Gasteiger partial charge on any atom is 0.122 e. The van der Waals surface area contributed by atoms with Gasteiger partial charge in [0.05, 0.1) is 6.10 Å². The normalized spacial score (nSPS) is 24.9. The summed E-state index contributed by atoms with van der Waals surface area (Å²) in [5, 5.41) is 36.4. The van der Waals surface area contributed by atoms with Crippen molar-refractivity contribution in [3.05, 3.63) is 94.0 Å². The van der Waals surface area contributed by atoms with Gasteiger partial charge in [0.25, 0.3) is 0 Å². The van der Waals surface area contributed by atoms with Crippen LogP contribution in [0.15, 0.2) is 60.7 Å². The number of nitrogens with one attached hydrogen (secondary N) is 1. The SMILES string of the molecule is CO[C@@H]1C2C(=C3CCC(NCc4ccccc4)c4c(O)ccc2c43)c2cccc(O)c2[C@@H]1O. The van der Waals surface area contributed by atoms with Gasteiger partial charge in [0.15, 0.2) is 0 Å². The molecule has 5 nitrogen and oxygen atoms in total. The van der Waals surface area contributed by atoms with Crippen LogP contribution in [0.4, 0.5) is 0 Å². The summed E-state index contributed by atoms with van der Waals surface area (Å²) < 4.78 is 5.83. The number of fused-ring (bicyclic) bond motifs is 4. The first-order valence-corrected chi connectivity index (χ1v) is 11.5. The Morgan fingerprint density at radius 1 is 0.939 bits per heavy atom. The Bertz CT molecular complexity index is 1270. The van der Waals surface area contributed by atoms with Crippen LogP contribution in [0.1, 0.15) is 64.3 Å². The Kier molecular flexibility index (Phi) is 4.80. The fraction of sp³-hybridized carbons (Fsp3) is 0.286. The number of phenolic OH excluding ortho intramolecular Hbond substituents is 2. The Balaban J connectivity index is 1.50. The number of hydrogen-bond donors (Lipinski definition) is 4. The maximum atomic E-state index is 11.2. The molecule has 5 heteroatoms. The molecule has 0 saturated carbocycles. The van der Waals surface area contributed by atoms with E-state index in [0.717, 1.165) is 47.2 Å². The van der Waals surface area contributed by atoms with Crippen LogP contribution in [0.2, 0.25) is 0 Å². The molecule has 0 aliphatic heterocycles. The third-order valence-electron chi connectivity index (χ3n) is 7.54. The molecule has 168 valence electrons. The van der Waals surface area contributed by atoms with Crippen molar-refractivity contribution in [1.29, 1.82) is 0 Å². The second kappa shape index (κ2) is 7.73. The van der Waals surface area contributed by atoms with Gasteiger partial charge in [-0.1, -0.05) is 48.5 Å². The second-order valence-electron chi connectivity index (χ2n) is 9.17. The number of phenols is 2. The summed E-state index contributed by atoms with van der Waals surface area (Å²) in [6, 6.07) is 19.5. The van der Waals surface area contributed by atoms with E-state index in [9.17, 15) is 15.3 Å². The van der Waals surface area contributed by atoms with Crippen molar-refractivity contribution in [2.24, 2.45) is 0 Å². The van der Waals surface area contributed by atoms with Crippen LogP contribution in [0, 0.1) is 0 Å². The van der Waals surface area contributed by atoms with Crippen molar-refractivity contribution in [1.82, 2.24) is 5.32 Å². The summed E-state index contributed by atoms with van der Waals surface area (Å²) in [7, 11) is 1.61. The zero-order chi connectivity index (χ0) is 22.7. The molecule has 0 bridgehead atoms. The smallest absolute Gasteiger partial charge is 0.122 e. The number of aliphatic hydroxyl groups excluding tert-OH is 1. The number of hydrogen-bond acceptors (Lipinski definition) is 5. The van der Waals surface area contributed by atoms with E-state index in [1.165, 1.54) is 11.1 Å². The highest BCUT2D eigenvalue weighted by Crippen LogP contribution is 2.61. The zero-order valence-corrected chi connectivity index (χ0v) is 18.5. The zero-order valence-electron chi connectivity index (χ0n) is 18.5. The number of methoxy groups -OCH3 is 1. The molecule has 33 heavy (non-hydrogen) atoms. The molecule has 2 unspecified atom stereocenters. The first-order chi connectivity index (χ1) is 16.1. The summed E-state index contributed by atoms with van der Waals surface area (Å²) in [6.45, 7) is 0.722. The van der Waals surface area contributed by atoms with Crippen molar-refractivity contribution in [3.63, 3.8) is 0 Å². The summed E-state index contributed by atoms with van der Waals surface area (Å²) in [5.74, 6) is 0.240. The van der Waals surface area contributed by atoms with Crippen LogP contribution < -0.4 is 5.32 Å². The topological polar surface area (TPSA) is 82.0 Å². The molecule has 3 aromatic rings. The molecule has 4 atom stereocenters. The van der Waals surface area contributed by atoms with E-state index in [1.54, 1.807) is 19.2 Å². The predicted molar refractivity (Wildman–Crippen MR) is 127 cm³/mol. The second-order valence-corrected chi connectivity index (χ2v) is 9.17. The molecular weight excluding hydrogens is 414 g/mol. The first kappa shape index (κ1) is 20.5. The first-order valence-electron chi connectivity index (χ1n) is 11.5. The van der Waals surface area contributed by atoms with E-state index in [1.807, 2.05) is 36.4 Å². The van der Waals surface area contributed by atoms with Crippen LogP contribution in [0.5, 0.6) is 11.5 Å². The van der Waals surface area contributed by atoms with Crippen LogP contribution in [-0.2, 0) is 11.3 Å². The molecule has 3 aliphatic rings. The minimum absolute atomic E-state index is 0.0271. The molecule has 0 heterocycles. The Hall–Kier alpha value is -3.12. The number of allylic oxidation sites excluding steroid dienone is 1. The van der Waals surface area contributed by atoms with Crippen LogP contribution in [0.25, 0.3) is 11.1 Å². The molecule has 0 fully saturated rings. The highest BCUT2D eigenvalue weighted by atomic mass is 16.5. The molecule has 6 rings (SSSR count). The molecular formula is C28H27NO4. The minimum atomic E-state index is -0.933. The Labute approximate surface area is 193 Å². The van der Waals surface area contributed by atoms with Gasteiger partial charge in [-0.25, -0.2) is 0 Å². The largest absolute Gasteiger partial charge is 0.508 e. The molecule has 3 aliphatic carbocycles. The minimum Gasteiger partial charge on any atom is -0.508 e. The number of ether oxygens (including phenoxy) is 1. The summed E-state index contributed by atoms with van der Waals surface area (Å²) in [4.78, 5) is 0. The summed E-state index contributed by atoms with van der Waals surface area (Å²) in [6.07, 6.45) is 0.264. The monoisotopic (exact) mass is 441 g/mol. The number of aliphatic hydroxyl groups is 1. The van der Waals surface area contributed by atoms with Crippen molar-refractivity contribution in [3.8, 4) is 11.5 Å². The molecule has 0 spiro atoms. The fourth-order valence-electron chi connectivity index (χ4n) is 6.17. The van der Waals surface area contributed by atoms with Crippen LogP contribution in [-0.4, -0.2) is 28.5 Å². The molecule has 0 aromatic heterocycles. The highest BCUT2D eigenvalue weighted by molar-refractivity contribution is 6.03. The van der Waals surface area contributed by atoms with Gasteiger partial charge >= 0.3 is 0 Å².